The first kappa shape index (κ1) is 25.8. The molecule has 1 saturated heterocycles. The topological polar surface area (TPSA) is 68.4 Å². The van der Waals surface area contributed by atoms with Gasteiger partial charge in [0, 0.05) is 52.7 Å². The van der Waals surface area contributed by atoms with Gasteiger partial charge in [-0.2, -0.15) is 0 Å². The highest BCUT2D eigenvalue weighted by atomic mass is 35.5. The Labute approximate surface area is 214 Å². The third kappa shape index (κ3) is 5.75. The van der Waals surface area contributed by atoms with Crippen molar-refractivity contribution in [3.8, 4) is 0 Å². The lowest BCUT2D eigenvalue weighted by atomic mass is 9.88. The summed E-state index contributed by atoms with van der Waals surface area (Å²) in [6.45, 7) is 11.5. The largest absolute Gasteiger partial charge is 0.369 e. The van der Waals surface area contributed by atoms with Crippen molar-refractivity contribution in [1.29, 1.82) is 0 Å². The number of aromatic amines is 1. The quantitative estimate of drug-likeness (QED) is 0.556. The summed E-state index contributed by atoms with van der Waals surface area (Å²) in [5.41, 5.74) is 4.65. The van der Waals surface area contributed by atoms with Crippen molar-refractivity contribution < 1.29 is 4.79 Å². The van der Waals surface area contributed by atoms with Gasteiger partial charge in [0.25, 0.3) is 11.5 Å². The van der Waals surface area contributed by atoms with Crippen LogP contribution in [-0.2, 0) is 6.54 Å². The number of nitrogens with zero attached hydrogens (tertiary/aromatic N) is 2. The molecule has 0 bridgehead atoms. The van der Waals surface area contributed by atoms with Gasteiger partial charge in [0.2, 0.25) is 0 Å². The minimum atomic E-state index is -0.209. The molecule has 190 valence electrons. The number of halogens is 1. The lowest BCUT2D eigenvalue weighted by molar-refractivity contribution is 0.0950. The van der Waals surface area contributed by atoms with E-state index in [2.05, 4.69) is 27.0 Å². The summed E-state index contributed by atoms with van der Waals surface area (Å²) in [4.78, 5) is 33.5. The number of carbonyl (C=O) groups is 1. The van der Waals surface area contributed by atoms with Gasteiger partial charge < -0.3 is 20.1 Å². The molecule has 2 heterocycles. The standard InChI is InChI=1S/C28H39ClN4O2/c1-5-33(23-10-8-22(9-11-23)32-12-6-7-13-32)26-16-21(29)15-24(20(26)4)27(34)30-17-25-18(2)14-19(3)31-28(25)35/h14-16,22-23H,5-13,17H2,1-4H3,(H,30,34)(H,31,35)/t22-,23+. The third-order valence-corrected chi connectivity index (χ3v) is 8.14. The monoisotopic (exact) mass is 498 g/mol. The normalized spacial score (nSPS) is 20.7. The van der Waals surface area contributed by atoms with Gasteiger partial charge >= 0.3 is 0 Å². The van der Waals surface area contributed by atoms with E-state index in [4.69, 9.17) is 11.6 Å². The predicted octanol–water partition coefficient (Wildman–Crippen LogP) is 5.12. The second-order valence-electron chi connectivity index (χ2n) is 10.2. The molecule has 1 amide bonds. The van der Waals surface area contributed by atoms with Crippen LogP contribution < -0.4 is 15.8 Å². The molecule has 7 heteroatoms. The molecule has 35 heavy (non-hydrogen) atoms. The van der Waals surface area contributed by atoms with Gasteiger partial charge in [0.1, 0.15) is 0 Å². The number of hydrogen-bond donors (Lipinski definition) is 2. The zero-order valence-corrected chi connectivity index (χ0v) is 22.3. The van der Waals surface area contributed by atoms with Crippen LogP contribution in [0.2, 0.25) is 5.02 Å². The van der Waals surface area contributed by atoms with E-state index in [1.165, 1.54) is 38.8 Å². The van der Waals surface area contributed by atoms with Crippen LogP contribution in [0, 0.1) is 20.8 Å². The van der Waals surface area contributed by atoms with Gasteiger partial charge in [-0.25, -0.2) is 0 Å². The van der Waals surface area contributed by atoms with E-state index < -0.39 is 0 Å². The van der Waals surface area contributed by atoms with Crippen molar-refractivity contribution >= 4 is 23.2 Å². The SMILES string of the molecule is CCN(c1cc(Cl)cc(C(=O)NCc2c(C)cc(C)[nH]c2=O)c1C)[C@H]1CC[C@@H](N2CCCC2)CC1. The zero-order valence-electron chi connectivity index (χ0n) is 21.5. The molecule has 0 radical (unpaired) electrons. The number of hydrogen-bond acceptors (Lipinski definition) is 4. The van der Waals surface area contributed by atoms with Crippen molar-refractivity contribution in [2.75, 3.05) is 24.5 Å². The second-order valence-corrected chi connectivity index (χ2v) is 10.7. The molecule has 2 aliphatic rings. The lowest BCUT2D eigenvalue weighted by Crippen LogP contribution is -2.43. The Morgan fingerprint density at radius 3 is 2.43 bits per heavy atom. The highest BCUT2D eigenvalue weighted by Gasteiger charge is 2.31. The fraction of sp³-hybridized carbons (Fsp3) is 0.571. The third-order valence-electron chi connectivity index (χ3n) is 7.92. The van der Waals surface area contributed by atoms with Crippen LogP contribution in [0.1, 0.15) is 78.2 Å². The number of aromatic nitrogens is 1. The summed E-state index contributed by atoms with van der Waals surface area (Å²) >= 11 is 6.53. The molecule has 0 atom stereocenters. The fourth-order valence-corrected chi connectivity index (χ4v) is 6.24. The Bertz CT molecular complexity index is 1110. The van der Waals surface area contributed by atoms with E-state index >= 15 is 0 Å². The minimum Gasteiger partial charge on any atom is -0.369 e. The van der Waals surface area contributed by atoms with Crippen LogP contribution in [0.4, 0.5) is 5.69 Å². The van der Waals surface area contributed by atoms with Crippen LogP contribution in [0.3, 0.4) is 0 Å². The van der Waals surface area contributed by atoms with E-state index in [1.54, 1.807) is 6.07 Å². The van der Waals surface area contributed by atoms with Crippen LogP contribution >= 0.6 is 11.6 Å². The second kappa shape index (κ2) is 11.2. The number of benzene rings is 1. The molecular formula is C28H39ClN4O2. The maximum Gasteiger partial charge on any atom is 0.253 e. The predicted molar refractivity (Wildman–Crippen MR) is 144 cm³/mol. The Morgan fingerprint density at radius 2 is 1.80 bits per heavy atom. The number of likely N-dealkylation sites (tertiary alicyclic amines) is 1. The molecule has 1 aliphatic heterocycles. The lowest BCUT2D eigenvalue weighted by Gasteiger charge is -2.41. The van der Waals surface area contributed by atoms with Gasteiger partial charge in [-0.1, -0.05) is 11.6 Å². The van der Waals surface area contributed by atoms with Crippen LogP contribution in [-0.4, -0.2) is 47.5 Å². The van der Waals surface area contributed by atoms with Gasteiger partial charge in [-0.3, -0.25) is 9.59 Å². The van der Waals surface area contributed by atoms with Crippen molar-refractivity contribution in [3.63, 3.8) is 0 Å². The zero-order chi connectivity index (χ0) is 25.1. The summed E-state index contributed by atoms with van der Waals surface area (Å²) in [6.07, 6.45) is 7.48. The first-order valence-corrected chi connectivity index (χ1v) is 13.4. The molecule has 1 aliphatic carbocycles. The molecule has 0 spiro atoms. The Kier molecular flexibility index (Phi) is 8.23. The number of amides is 1. The molecule has 1 aromatic carbocycles. The number of anilines is 1. The molecule has 6 nitrogen and oxygen atoms in total. The van der Waals surface area contributed by atoms with Crippen LogP contribution in [0.25, 0.3) is 0 Å². The number of nitrogens with one attached hydrogen (secondary N) is 2. The smallest absolute Gasteiger partial charge is 0.253 e. The van der Waals surface area contributed by atoms with E-state index in [0.29, 0.717) is 22.2 Å². The van der Waals surface area contributed by atoms with E-state index in [-0.39, 0.29) is 18.0 Å². The Morgan fingerprint density at radius 1 is 1.11 bits per heavy atom. The van der Waals surface area contributed by atoms with Crippen molar-refractivity contribution in [3.05, 3.63) is 61.5 Å². The summed E-state index contributed by atoms with van der Waals surface area (Å²) in [5, 5.41) is 3.50. The average Bonchev–Trinajstić information content (AvgIpc) is 3.36. The molecule has 2 aromatic rings. The van der Waals surface area contributed by atoms with E-state index in [0.717, 1.165) is 47.9 Å². The first-order chi connectivity index (χ1) is 16.8. The van der Waals surface area contributed by atoms with Crippen molar-refractivity contribution in [2.45, 2.75) is 84.8 Å². The summed E-state index contributed by atoms with van der Waals surface area (Å²) in [5.74, 6) is -0.209. The molecular weight excluding hydrogens is 460 g/mol. The van der Waals surface area contributed by atoms with Crippen LogP contribution in [0.15, 0.2) is 23.0 Å². The Hall–Kier alpha value is -2.31. The molecule has 2 fully saturated rings. The fourth-order valence-electron chi connectivity index (χ4n) is 6.03. The Balaban J connectivity index is 1.49. The van der Waals surface area contributed by atoms with Gasteiger partial charge in [-0.05, 0) is 109 Å². The highest BCUT2D eigenvalue weighted by molar-refractivity contribution is 6.31. The number of rotatable bonds is 7. The molecule has 1 saturated carbocycles. The number of carbonyl (C=O) groups excluding carboxylic acids is 1. The molecule has 1 aromatic heterocycles. The summed E-state index contributed by atoms with van der Waals surface area (Å²) in [7, 11) is 0. The first-order valence-electron chi connectivity index (χ1n) is 13.1. The van der Waals surface area contributed by atoms with Gasteiger partial charge in [0.05, 0.1) is 0 Å². The van der Waals surface area contributed by atoms with E-state index in [9.17, 15) is 9.59 Å². The number of pyridine rings is 1. The van der Waals surface area contributed by atoms with Crippen molar-refractivity contribution in [1.82, 2.24) is 15.2 Å². The highest BCUT2D eigenvalue weighted by Crippen LogP contribution is 2.35. The minimum absolute atomic E-state index is 0.159. The summed E-state index contributed by atoms with van der Waals surface area (Å²) in [6, 6.07) is 6.84. The van der Waals surface area contributed by atoms with Gasteiger partial charge in [0.15, 0.2) is 0 Å². The number of H-pyrrole nitrogens is 1. The molecule has 4 rings (SSSR count). The maximum absolute atomic E-state index is 13.2. The molecule has 0 unspecified atom stereocenters. The summed E-state index contributed by atoms with van der Waals surface area (Å²) < 4.78 is 0. The average molecular weight is 499 g/mol. The van der Waals surface area contributed by atoms with E-state index in [1.807, 2.05) is 32.9 Å². The number of aryl methyl sites for hydroxylation is 2. The molecule has 2 N–H and O–H groups in total. The van der Waals surface area contributed by atoms with Crippen molar-refractivity contribution in [2.24, 2.45) is 0 Å². The van der Waals surface area contributed by atoms with Crippen LogP contribution in [0.5, 0.6) is 0 Å². The van der Waals surface area contributed by atoms with Gasteiger partial charge in [-0.15, -0.1) is 0 Å². The maximum atomic E-state index is 13.2.